The molecule has 1 rings (SSSR count). The second kappa shape index (κ2) is 7.32. The Balaban J connectivity index is 2.53. The lowest BCUT2D eigenvalue weighted by Gasteiger charge is -2.16. The SMILES string of the molecule is COCCC(CO)NCc1c(F)cccc1F. The van der Waals surface area contributed by atoms with Crippen LogP contribution in [0.4, 0.5) is 8.78 Å². The zero-order valence-corrected chi connectivity index (χ0v) is 9.75. The van der Waals surface area contributed by atoms with Crippen LogP contribution in [-0.4, -0.2) is 31.5 Å². The molecule has 0 amide bonds. The van der Waals surface area contributed by atoms with Gasteiger partial charge in [0.15, 0.2) is 0 Å². The summed E-state index contributed by atoms with van der Waals surface area (Å²) in [6.45, 7) is 0.435. The first-order valence-electron chi connectivity index (χ1n) is 5.45. The number of halogens is 2. The fourth-order valence-electron chi connectivity index (χ4n) is 1.47. The van der Waals surface area contributed by atoms with Gasteiger partial charge in [0, 0.05) is 31.9 Å². The minimum atomic E-state index is -0.582. The number of nitrogens with one attached hydrogen (secondary N) is 1. The Morgan fingerprint density at radius 3 is 2.53 bits per heavy atom. The third-order valence-electron chi connectivity index (χ3n) is 2.52. The van der Waals surface area contributed by atoms with Gasteiger partial charge in [-0.05, 0) is 18.6 Å². The summed E-state index contributed by atoms with van der Waals surface area (Å²) in [7, 11) is 1.56. The predicted octanol–water partition coefficient (Wildman–Crippen LogP) is 1.45. The molecule has 2 N–H and O–H groups in total. The van der Waals surface area contributed by atoms with E-state index in [1.54, 1.807) is 7.11 Å². The van der Waals surface area contributed by atoms with Crippen LogP contribution >= 0.6 is 0 Å². The summed E-state index contributed by atoms with van der Waals surface area (Å²) in [5.74, 6) is -1.16. The monoisotopic (exact) mass is 245 g/mol. The molecular weight excluding hydrogens is 228 g/mol. The maximum Gasteiger partial charge on any atom is 0.130 e. The van der Waals surface area contributed by atoms with E-state index in [-0.39, 0.29) is 24.8 Å². The first-order chi connectivity index (χ1) is 8.19. The number of ether oxygens (including phenoxy) is 1. The quantitative estimate of drug-likeness (QED) is 0.764. The van der Waals surface area contributed by atoms with E-state index >= 15 is 0 Å². The van der Waals surface area contributed by atoms with Gasteiger partial charge in [0.1, 0.15) is 11.6 Å². The molecule has 0 radical (unpaired) electrons. The largest absolute Gasteiger partial charge is 0.395 e. The summed E-state index contributed by atoms with van der Waals surface area (Å²) in [6, 6.07) is 3.52. The Kier molecular flexibility index (Phi) is 6.04. The van der Waals surface area contributed by atoms with Gasteiger partial charge < -0.3 is 15.2 Å². The van der Waals surface area contributed by atoms with Crippen LogP contribution < -0.4 is 5.32 Å². The van der Waals surface area contributed by atoms with Crippen molar-refractivity contribution < 1.29 is 18.6 Å². The lowest BCUT2D eigenvalue weighted by Crippen LogP contribution is -2.33. The third kappa shape index (κ3) is 4.38. The lowest BCUT2D eigenvalue weighted by atomic mass is 10.1. The molecule has 0 aliphatic rings. The smallest absolute Gasteiger partial charge is 0.130 e. The Labute approximate surface area is 99.4 Å². The van der Waals surface area contributed by atoms with Gasteiger partial charge in [-0.1, -0.05) is 6.07 Å². The van der Waals surface area contributed by atoms with E-state index in [0.717, 1.165) is 0 Å². The molecule has 0 bridgehead atoms. The maximum absolute atomic E-state index is 13.3. The van der Waals surface area contributed by atoms with Gasteiger partial charge in [0.2, 0.25) is 0 Å². The van der Waals surface area contributed by atoms with Crippen molar-refractivity contribution in [3.63, 3.8) is 0 Å². The Hall–Kier alpha value is -1.04. The van der Waals surface area contributed by atoms with Crippen molar-refractivity contribution in [2.45, 2.75) is 19.0 Å². The average molecular weight is 245 g/mol. The van der Waals surface area contributed by atoms with Crippen molar-refractivity contribution in [3.8, 4) is 0 Å². The summed E-state index contributed by atoms with van der Waals surface area (Å²) in [4.78, 5) is 0. The van der Waals surface area contributed by atoms with Crippen molar-refractivity contribution in [1.29, 1.82) is 0 Å². The number of hydrogen-bond donors (Lipinski definition) is 2. The van der Waals surface area contributed by atoms with Crippen molar-refractivity contribution in [2.24, 2.45) is 0 Å². The molecule has 0 aliphatic carbocycles. The third-order valence-corrected chi connectivity index (χ3v) is 2.52. The molecule has 96 valence electrons. The van der Waals surface area contributed by atoms with Crippen LogP contribution in [0.3, 0.4) is 0 Å². The summed E-state index contributed by atoms with van der Waals surface area (Å²) in [5, 5.41) is 12.0. The Morgan fingerprint density at radius 1 is 1.35 bits per heavy atom. The molecule has 1 atom stereocenters. The topological polar surface area (TPSA) is 41.5 Å². The van der Waals surface area contributed by atoms with E-state index in [1.165, 1.54) is 18.2 Å². The molecule has 0 heterocycles. The highest BCUT2D eigenvalue weighted by Crippen LogP contribution is 2.11. The van der Waals surface area contributed by atoms with Crippen molar-refractivity contribution in [1.82, 2.24) is 5.32 Å². The molecule has 3 nitrogen and oxygen atoms in total. The van der Waals surface area contributed by atoms with Gasteiger partial charge in [-0.25, -0.2) is 8.78 Å². The van der Waals surface area contributed by atoms with E-state index < -0.39 is 11.6 Å². The van der Waals surface area contributed by atoms with E-state index in [1.807, 2.05) is 0 Å². The molecule has 17 heavy (non-hydrogen) atoms. The fraction of sp³-hybridized carbons (Fsp3) is 0.500. The molecule has 1 aromatic carbocycles. The van der Waals surface area contributed by atoms with Crippen LogP contribution in [0.1, 0.15) is 12.0 Å². The summed E-state index contributed by atoms with van der Waals surface area (Å²) < 4.78 is 31.5. The van der Waals surface area contributed by atoms with Gasteiger partial charge in [0.05, 0.1) is 6.61 Å². The molecule has 0 spiro atoms. The van der Waals surface area contributed by atoms with Crippen LogP contribution in [0.25, 0.3) is 0 Å². The van der Waals surface area contributed by atoms with Gasteiger partial charge in [0.25, 0.3) is 0 Å². The number of rotatable bonds is 7. The van der Waals surface area contributed by atoms with Gasteiger partial charge in [-0.15, -0.1) is 0 Å². The van der Waals surface area contributed by atoms with Crippen LogP contribution in [-0.2, 0) is 11.3 Å². The minimum Gasteiger partial charge on any atom is -0.395 e. The van der Waals surface area contributed by atoms with Crippen LogP contribution in [0.5, 0.6) is 0 Å². The zero-order chi connectivity index (χ0) is 12.7. The van der Waals surface area contributed by atoms with Crippen molar-refractivity contribution >= 4 is 0 Å². The maximum atomic E-state index is 13.3. The van der Waals surface area contributed by atoms with Gasteiger partial charge in [-0.3, -0.25) is 0 Å². The molecule has 0 fully saturated rings. The summed E-state index contributed by atoms with van der Waals surface area (Å²) in [6.07, 6.45) is 0.586. The van der Waals surface area contributed by atoms with Crippen LogP contribution in [0, 0.1) is 11.6 Å². The zero-order valence-electron chi connectivity index (χ0n) is 9.75. The Morgan fingerprint density at radius 2 is 2.00 bits per heavy atom. The normalized spacial score (nSPS) is 12.7. The Bertz CT molecular complexity index is 327. The van der Waals surface area contributed by atoms with Gasteiger partial charge in [-0.2, -0.15) is 0 Å². The number of benzene rings is 1. The number of methoxy groups -OCH3 is 1. The molecule has 5 heteroatoms. The standard InChI is InChI=1S/C12H17F2NO2/c1-17-6-5-9(8-16)15-7-10-11(13)3-2-4-12(10)14/h2-4,9,15-16H,5-8H2,1H3. The predicted molar refractivity (Wildman–Crippen MR) is 60.6 cm³/mol. The molecule has 1 unspecified atom stereocenters. The highest BCUT2D eigenvalue weighted by atomic mass is 19.1. The van der Waals surface area contributed by atoms with Crippen molar-refractivity contribution in [3.05, 3.63) is 35.4 Å². The van der Waals surface area contributed by atoms with Gasteiger partial charge >= 0.3 is 0 Å². The molecule has 1 aromatic rings. The second-order valence-electron chi connectivity index (χ2n) is 3.74. The van der Waals surface area contributed by atoms with Crippen LogP contribution in [0.2, 0.25) is 0 Å². The number of aliphatic hydroxyl groups excluding tert-OH is 1. The molecule has 0 saturated carbocycles. The average Bonchev–Trinajstić information content (AvgIpc) is 2.32. The van der Waals surface area contributed by atoms with Crippen LogP contribution in [0.15, 0.2) is 18.2 Å². The highest BCUT2D eigenvalue weighted by Gasteiger charge is 2.11. The second-order valence-corrected chi connectivity index (χ2v) is 3.74. The molecule has 0 saturated heterocycles. The number of aliphatic hydroxyl groups is 1. The summed E-state index contributed by atoms with van der Waals surface area (Å²) in [5.41, 5.74) is -0.0108. The first kappa shape index (κ1) is 14.0. The van der Waals surface area contributed by atoms with Crippen molar-refractivity contribution in [2.75, 3.05) is 20.3 Å². The van der Waals surface area contributed by atoms with E-state index in [2.05, 4.69) is 5.32 Å². The minimum absolute atomic E-state index is 0.0108. The van der Waals surface area contributed by atoms with E-state index in [0.29, 0.717) is 13.0 Å². The fourth-order valence-corrected chi connectivity index (χ4v) is 1.47. The molecule has 0 aromatic heterocycles. The summed E-state index contributed by atoms with van der Waals surface area (Å²) >= 11 is 0. The molecule has 0 aliphatic heterocycles. The number of hydrogen-bond acceptors (Lipinski definition) is 3. The lowest BCUT2D eigenvalue weighted by molar-refractivity contribution is 0.159. The first-order valence-corrected chi connectivity index (χ1v) is 5.45. The molecular formula is C12H17F2NO2. The van der Waals surface area contributed by atoms with E-state index in [9.17, 15) is 8.78 Å². The highest BCUT2D eigenvalue weighted by molar-refractivity contribution is 5.19. The van der Waals surface area contributed by atoms with E-state index in [4.69, 9.17) is 9.84 Å².